The van der Waals surface area contributed by atoms with Crippen molar-refractivity contribution in [1.82, 2.24) is 0 Å². The highest BCUT2D eigenvalue weighted by Gasteiger charge is 2.16. The summed E-state index contributed by atoms with van der Waals surface area (Å²) in [6.45, 7) is 1.84. The van der Waals surface area contributed by atoms with E-state index in [4.69, 9.17) is 5.73 Å². The highest BCUT2D eigenvalue weighted by atomic mass is 79.9. The van der Waals surface area contributed by atoms with Crippen molar-refractivity contribution >= 4 is 37.3 Å². The fraction of sp³-hybridized carbons (Fsp3) is 0.0769. The quantitative estimate of drug-likeness (QED) is 0.827. The van der Waals surface area contributed by atoms with Crippen LogP contribution < -0.4 is 10.5 Å². The van der Waals surface area contributed by atoms with E-state index in [0.29, 0.717) is 5.69 Å². The Morgan fingerprint density at radius 1 is 1.20 bits per heavy atom. The first-order chi connectivity index (χ1) is 9.29. The van der Waals surface area contributed by atoms with Gasteiger partial charge < -0.3 is 5.73 Å². The Kier molecular flexibility index (Phi) is 4.01. The molecule has 0 atom stereocenters. The van der Waals surface area contributed by atoms with Crippen LogP contribution in [-0.4, -0.2) is 8.42 Å². The molecular formula is C13H12BrFN2O2S. The smallest absolute Gasteiger partial charge is 0.261 e. The topological polar surface area (TPSA) is 72.2 Å². The SMILES string of the molecule is Cc1cc(NS(=O)(=O)c2ccc(N)c(F)c2)ccc1Br. The van der Waals surface area contributed by atoms with E-state index in [-0.39, 0.29) is 10.6 Å². The molecule has 2 aromatic rings. The predicted molar refractivity (Wildman–Crippen MR) is 80.5 cm³/mol. The lowest BCUT2D eigenvalue weighted by atomic mass is 10.2. The zero-order chi connectivity index (χ0) is 14.9. The van der Waals surface area contributed by atoms with Gasteiger partial charge in [0.1, 0.15) is 5.82 Å². The first-order valence-electron chi connectivity index (χ1n) is 5.63. The second-order valence-corrected chi connectivity index (χ2v) is 6.79. The number of rotatable bonds is 3. The lowest BCUT2D eigenvalue weighted by molar-refractivity contribution is 0.596. The van der Waals surface area contributed by atoms with Crippen LogP contribution in [0.15, 0.2) is 45.8 Å². The van der Waals surface area contributed by atoms with Crippen LogP contribution >= 0.6 is 15.9 Å². The van der Waals surface area contributed by atoms with E-state index in [0.717, 1.165) is 16.1 Å². The highest BCUT2D eigenvalue weighted by molar-refractivity contribution is 9.10. The fourth-order valence-electron chi connectivity index (χ4n) is 1.60. The molecule has 0 saturated heterocycles. The maximum absolute atomic E-state index is 13.3. The van der Waals surface area contributed by atoms with Gasteiger partial charge in [-0.25, -0.2) is 12.8 Å². The Bertz CT molecular complexity index is 763. The van der Waals surface area contributed by atoms with Crippen molar-refractivity contribution in [1.29, 1.82) is 0 Å². The second-order valence-electron chi connectivity index (χ2n) is 4.25. The van der Waals surface area contributed by atoms with E-state index in [2.05, 4.69) is 20.7 Å². The van der Waals surface area contributed by atoms with Gasteiger partial charge in [-0.05, 0) is 48.9 Å². The summed E-state index contributed by atoms with van der Waals surface area (Å²) in [6.07, 6.45) is 0. The molecule has 3 N–H and O–H groups in total. The Hall–Kier alpha value is -1.60. The number of nitrogens with two attached hydrogens (primary N) is 1. The monoisotopic (exact) mass is 358 g/mol. The maximum Gasteiger partial charge on any atom is 0.261 e. The molecule has 106 valence electrons. The molecule has 0 bridgehead atoms. The summed E-state index contributed by atoms with van der Waals surface area (Å²) in [5, 5.41) is 0. The third kappa shape index (κ3) is 3.10. The summed E-state index contributed by atoms with van der Waals surface area (Å²) in [5.41, 5.74) is 6.52. The van der Waals surface area contributed by atoms with Gasteiger partial charge in [-0.15, -0.1) is 0 Å². The molecule has 4 nitrogen and oxygen atoms in total. The van der Waals surface area contributed by atoms with Crippen LogP contribution in [0.1, 0.15) is 5.56 Å². The number of aryl methyl sites for hydroxylation is 1. The number of hydrogen-bond acceptors (Lipinski definition) is 3. The number of anilines is 2. The molecule has 7 heteroatoms. The van der Waals surface area contributed by atoms with E-state index >= 15 is 0 Å². The number of nitrogens with one attached hydrogen (secondary N) is 1. The summed E-state index contributed by atoms with van der Waals surface area (Å²) < 4.78 is 40.9. The fourth-order valence-corrected chi connectivity index (χ4v) is 2.90. The number of halogens is 2. The molecule has 0 saturated carbocycles. The molecule has 20 heavy (non-hydrogen) atoms. The lowest BCUT2D eigenvalue weighted by Gasteiger charge is -2.10. The third-order valence-electron chi connectivity index (χ3n) is 2.69. The number of hydrogen-bond donors (Lipinski definition) is 2. The average Bonchev–Trinajstić information content (AvgIpc) is 2.37. The van der Waals surface area contributed by atoms with Crippen LogP contribution in [0.4, 0.5) is 15.8 Å². The van der Waals surface area contributed by atoms with Gasteiger partial charge in [-0.3, -0.25) is 4.72 Å². The summed E-state index contributed by atoms with van der Waals surface area (Å²) in [7, 11) is -3.84. The highest BCUT2D eigenvalue weighted by Crippen LogP contribution is 2.23. The molecular weight excluding hydrogens is 347 g/mol. The van der Waals surface area contributed by atoms with Crippen molar-refractivity contribution in [3.63, 3.8) is 0 Å². The molecule has 0 heterocycles. The first kappa shape index (κ1) is 14.8. The van der Waals surface area contributed by atoms with Crippen molar-refractivity contribution in [3.05, 3.63) is 52.3 Å². The van der Waals surface area contributed by atoms with Crippen LogP contribution in [-0.2, 0) is 10.0 Å². The average molecular weight is 359 g/mol. The van der Waals surface area contributed by atoms with Gasteiger partial charge in [0.15, 0.2) is 0 Å². The molecule has 0 fully saturated rings. The van der Waals surface area contributed by atoms with E-state index in [1.54, 1.807) is 18.2 Å². The van der Waals surface area contributed by atoms with Crippen LogP contribution in [0, 0.1) is 12.7 Å². The van der Waals surface area contributed by atoms with Gasteiger partial charge in [-0.2, -0.15) is 0 Å². The predicted octanol–water partition coefficient (Wildman–Crippen LogP) is 3.28. The van der Waals surface area contributed by atoms with E-state index in [1.165, 1.54) is 12.1 Å². The van der Waals surface area contributed by atoms with Crippen LogP contribution in [0.25, 0.3) is 0 Å². The summed E-state index contributed by atoms with van der Waals surface area (Å²) in [4.78, 5) is -0.176. The second kappa shape index (κ2) is 5.41. The van der Waals surface area contributed by atoms with Crippen molar-refractivity contribution in [2.45, 2.75) is 11.8 Å². The molecule has 0 aliphatic rings. The zero-order valence-corrected chi connectivity index (χ0v) is 12.9. The van der Waals surface area contributed by atoms with Crippen molar-refractivity contribution in [2.75, 3.05) is 10.5 Å². The number of sulfonamides is 1. The molecule has 2 rings (SSSR count). The van der Waals surface area contributed by atoms with Crippen LogP contribution in [0.3, 0.4) is 0 Å². The van der Waals surface area contributed by atoms with Gasteiger partial charge in [0.25, 0.3) is 10.0 Å². The lowest BCUT2D eigenvalue weighted by Crippen LogP contribution is -2.13. The minimum Gasteiger partial charge on any atom is -0.396 e. The Morgan fingerprint density at radius 2 is 1.90 bits per heavy atom. The Balaban J connectivity index is 2.35. The molecule has 0 aliphatic carbocycles. The number of nitrogen functional groups attached to an aromatic ring is 1. The summed E-state index contributed by atoms with van der Waals surface area (Å²) >= 11 is 3.33. The molecule has 0 radical (unpaired) electrons. The number of benzene rings is 2. The van der Waals surface area contributed by atoms with Gasteiger partial charge in [0.2, 0.25) is 0 Å². The Morgan fingerprint density at radius 3 is 2.50 bits per heavy atom. The van der Waals surface area contributed by atoms with Gasteiger partial charge >= 0.3 is 0 Å². The molecule has 0 amide bonds. The van der Waals surface area contributed by atoms with Gasteiger partial charge in [0.05, 0.1) is 10.6 Å². The molecule has 0 unspecified atom stereocenters. The van der Waals surface area contributed by atoms with Crippen LogP contribution in [0.2, 0.25) is 0 Å². The summed E-state index contributed by atoms with van der Waals surface area (Å²) in [5.74, 6) is -0.764. The van der Waals surface area contributed by atoms with E-state index < -0.39 is 15.8 Å². The summed E-state index contributed by atoms with van der Waals surface area (Å²) in [6, 6.07) is 8.39. The largest absolute Gasteiger partial charge is 0.396 e. The van der Waals surface area contributed by atoms with Gasteiger partial charge in [0, 0.05) is 10.2 Å². The first-order valence-corrected chi connectivity index (χ1v) is 7.91. The van der Waals surface area contributed by atoms with Gasteiger partial charge in [-0.1, -0.05) is 15.9 Å². The minimum absolute atomic E-state index is 0.0940. The molecule has 2 aromatic carbocycles. The maximum atomic E-state index is 13.3. The van der Waals surface area contributed by atoms with E-state index in [9.17, 15) is 12.8 Å². The van der Waals surface area contributed by atoms with E-state index in [1.807, 2.05) is 6.92 Å². The standard InChI is InChI=1S/C13H12BrFN2O2S/c1-8-6-9(2-4-11(8)14)17-20(18,19)10-3-5-13(16)12(15)7-10/h2-7,17H,16H2,1H3. The minimum atomic E-state index is -3.84. The Labute approximate surface area is 125 Å². The zero-order valence-electron chi connectivity index (χ0n) is 10.5. The molecule has 0 aliphatic heterocycles. The van der Waals surface area contributed by atoms with Crippen molar-refractivity contribution in [3.8, 4) is 0 Å². The van der Waals surface area contributed by atoms with Crippen molar-refractivity contribution < 1.29 is 12.8 Å². The normalized spacial score (nSPS) is 11.3. The molecule has 0 spiro atoms. The molecule has 0 aromatic heterocycles. The van der Waals surface area contributed by atoms with Crippen LogP contribution in [0.5, 0.6) is 0 Å². The van der Waals surface area contributed by atoms with Crippen molar-refractivity contribution in [2.24, 2.45) is 0 Å². The third-order valence-corrected chi connectivity index (χ3v) is 4.96.